The van der Waals surface area contributed by atoms with Gasteiger partial charge in [0.25, 0.3) is 0 Å². The number of carbonyl (C=O) groups excluding carboxylic acids is 1. The monoisotopic (exact) mass is 285 g/mol. The quantitative estimate of drug-likeness (QED) is 0.283. The summed E-state index contributed by atoms with van der Waals surface area (Å²) in [6.45, 7) is 5.27. The Morgan fingerprint density at radius 3 is 2.40 bits per heavy atom. The lowest BCUT2D eigenvalue weighted by molar-refractivity contribution is -0.138. The largest absolute Gasteiger partial charge is 0.409 e. The molecule has 6 nitrogen and oxygen atoms in total. The van der Waals surface area contributed by atoms with Gasteiger partial charge in [-0.25, -0.2) is 0 Å². The molecule has 1 amide bonds. The van der Waals surface area contributed by atoms with E-state index in [1.165, 1.54) is 0 Å². The van der Waals surface area contributed by atoms with E-state index < -0.39 is 5.41 Å². The van der Waals surface area contributed by atoms with Gasteiger partial charge in [0.1, 0.15) is 5.41 Å². The van der Waals surface area contributed by atoms with E-state index in [9.17, 15) is 9.90 Å². The van der Waals surface area contributed by atoms with Gasteiger partial charge in [-0.2, -0.15) is 0 Å². The Balaban J connectivity index is 3.00. The van der Waals surface area contributed by atoms with Crippen molar-refractivity contribution >= 4 is 11.7 Å². The van der Waals surface area contributed by atoms with Crippen molar-refractivity contribution in [2.24, 2.45) is 22.2 Å². The van der Waals surface area contributed by atoms with Crippen LogP contribution in [0.5, 0.6) is 0 Å². The minimum absolute atomic E-state index is 0.0126. The van der Waals surface area contributed by atoms with Gasteiger partial charge in [-0.3, -0.25) is 4.79 Å². The molecule has 20 heavy (non-hydrogen) atoms. The maximum atomic E-state index is 12.9. The number of hydrogen-bond acceptors (Lipinski definition) is 4. The summed E-state index contributed by atoms with van der Waals surface area (Å²) in [6, 6.07) is 0. The molecule has 0 aliphatic carbocycles. The molecule has 1 aliphatic heterocycles. The molecule has 0 aromatic rings. The Bertz CT molecular complexity index is 352. The van der Waals surface area contributed by atoms with Crippen LogP contribution in [0.4, 0.5) is 0 Å². The van der Waals surface area contributed by atoms with Crippen LogP contribution >= 0.6 is 0 Å². The molecule has 0 saturated carbocycles. The van der Waals surface area contributed by atoms with Crippen LogP contribution in [0, 0.1) is 11.3 Å². The van der Waals surface area contributed by atoms with Crippen molar-refractivity contribution in [1.82, 2.24) is 4.90 Å². The summed E-state index contributed by atoms with van der Waals surface area (Å²) in [7, 11) is 0. The second-order valence-electron chi connectivity index (χ2n) is 5.66. The first kappa shape index (κ1) is 16.8. The van der Waals surface area contributed by atoms with E-state index in [1.807, 2.05) is 13.8 Å². The minimum Gasteiger partial charge on any atom is -0.409 e. The number of aliphatic hydroxyl groups is 1. The smallest absolute Gasteiger partial charge is 0.236 e. The van der Waals surface area contributed by atoms with Gasteiger partial charge in [-0.1, -0.05) is 31.8 Å². The van der Waals surface area contributed by atoms with Gasteiger partial charge in [-0.15, -0.1) is 0 Å². The summed E-state index contributed by atoms with van der Waals surface area (Å²) in [6.07, 6.45) is 3.55. The molecule has 0 bridgehead atoms. The molecule has 0 radical (unpaired) electrons. The van der Waals surface area contributed by atoms with E-state index in [0.717, 1.165) is 19.3 Å². The molecule has 0 aromatic carbocycles. The van der Waals surface area contributed by atoms with Crippen LogP contribution in [0.1, 0.15) is 46.0 Å². The average Bonchev–Trinajstić information content (AvgIpc) is 2.94. The van der Waals surface area contributed by atoms with E-state index in [4.69, 9.17) is 10.9 Å². The summed E-state index contributed by atoms with van der Waals surface area (Å²) in [5.74, 6) is 0.0956. The van der Waals surface area contributed by atoms with E-state index in [2.05, 4.69) is 5.16 Å². The van der Waals surface area contributed by atoms with Crippen LogP contribution in [-0.2, 0) is 4.79 Å². The first-order chi connectivity index (χ1) is 9.55. The molecule has 1 saturated heterocycles. The van der Waals surface area contributed by atoms with Crippen molar-refractivity contribution < 1.29 is 15.1 Å². The summed E-state index contributed by atoms with van der Waals surface area (Å²) in [5.41, 5.74) is 4.96. The van der Waals surface area contributed by atoms with Crippen molar-refractivity contribution in [3.05, 3.63) is 0 Å². The van der Waals surface area contributed by atoms with Gasteiger partial charge >= 0.3 is 0 Å². The third-order valence-electron chi connectivity index (χ3n) is 4.19. The van der Waals surface area contributed by atoms with Crippen LogP contribution in [0.15, 0.2) is 5.16 Å². The van der Waals surface area contributed by atoms with E-state index >= 15 is 0 Å². The second kappa shape index (κ2) is 7.47. The Kier molecular flexibility index (Phi) is 6.26. The maximum Gasteiger partial charge on any atom is 0.236 e. The number of amidine groups is 1. The highest BCUT2D eigenvalue weighted by atomic mass is 16.4. The van der Waals surface area contributed by atoms with E-state index in [0.29, 0.717) is 25.9 Å². The molecule has 6 heteroatoms. The topological polar surface area (TPSA) is 99.2 Å². The van der Waals surface area contributed by atoms with Crippen LogP contribution in [-0.4, -0.2) is 46.7 Å². The SMILES string of the molecule is CCCC(CCC)(C(=O)N1CCC(CO)C1)C(N)=NO. The lowest BCUT2D eigenvalue weighted by atomic mass is 9.76. The molecule has 4 N–H and O–H groups in total. The Labute approximate surface area is 120 Å². The number of likely N-dealkylation sites (tertiary alicyclic amines) is 1. The van der Waals surface area contributed by atoms with E-state index in [-0.39, 0.29) is 24.3 Å². The molecule has 0 spiro atoms. The van der Waals surface area contributed by atoms with Crippen molar-refractivity contribution in [3.63, 3.8) is 0 Å². The zero-order chi connectivity index (χ0) is 15.2. The normalized spacial score (nSPS) is 20.4. The van der Waals surface area contributed by atoms with Crippen LogP contribution in [0.2, 0.25) is 0 Å². The van der Waals surface area contributed by atoms with Crippen molar-refractivity contribution in [1.29, 1.82) is 0 Å². The fourth-order valence-electron chi connectivity index (χ4n) is 3.12. The first-order valence-electron chi connectivity index (χ1n) is 7.43. The molecule has 0 aromatic heterocycles. The number of oxime groups is 1. The summed E-state index contributed by atoms with van der Waals surface area (Å²) in [4.78, 5) is 14.6. The van der Waals surface area contributed by atoms with Crippen LogP contribution < -0.4 is 5.73 Å². The number of nitrogens with zero attached hydrogens (tertiary/aromatic N) is 2. The zero-order valence-corrected chi connectivity index (χ0v) is 12.5. The van der Waals surface area contributed by atoms with Crippen LogP contribution in [0.25, 0.3) is 0 Å². The van der Waals surface area contributed by atoms with Crippen LogP contribution in [0.3, 0.4) is 0 Å². The summed E-state index contributed by atoms with van der Waals surface area (Å²) >= 11 is 0. The zero-order valence-electron chi connectivity index (χ0n) is 12.5. The Morgan fingerprint density at radius 1 is 1.40 bits per heavy atom. The number of nitrogens with two attached hydrogens (primary N) is 1. The van der Waals surface area contributed by atoms with Crippen molar-refractivity contribution in [3.8, 4) is 0 Å². The number of amides is 1. The van der Waals surface area contributed by atoms with Gasteiger partial charge < -0.3 is 20.9 Å². The van der Waals surface area contributed by atoms with Gasteiger partial charge in [0.15, 0.2) is 5.84 Å². The van der Waals surface area contributed by atoms with Gasteiger partial charge in [0.2, 0.25) is 5.91 Å². The van der Waals surface area contributed by atoms with Gasteiger partial charge in [-0.05, 0) is 19.3 Å². The molecule has 116 valence electrons. The third-order valence-corrected chi connectivity index (χ3v) is 4.19. The number of rotatable bonds is 7. The molecular weight excluding hydrogens is 258 g/mol. The highest BCUT2D eigenvalue weighted by molar-refractivity contribution is 6.06. The molecule has 1 aliphatic rings. The lowest BCUT2D eigenvalue weighted by Crippen LogP contribution is -2.51. The molecule has 1 fully saturated rings. The Hall–Kier alpha value is -1.30. The molecule has 1 unspecified atom stereocenters. The molecular formula is C14H27N3O3. The standard InChI is InChI=1S/C14H27N3O3/c1-3-6-14(7-4-2,12(15)16-20)13(19)17-8-5-11(9-17)10-18/h11,18,20H,3-10H2,1-2H3,(H2,15,16). The fraction of sp³-hybridized carbons (Fsp3) is 0.857. The molecule has 1 heterocycles. The second-order valence-corrected chi connectivity index (χ2v) is 5.66. The summed E-state index contributed by atoms with van der Waals surface area (Å²) in [5, 5.41) is 21.4. The third kappa shape index (κ3) is 3.23. The maximum absolute atomic E-state index is 12.9. The predicted octanol–water partition coefficient (Wildman–Crippen LogP) is 1.16. The lowest BCUT2D eigenvalue weighted by Gasteiger charge is -2.34. The fourth-order valence-corrected chi connectivity index (χ4v) is 3.12. The van der Waals surface area contributed by atoms with Gasteiger partial charge in [0.05, 0.1) is 0 Å². The first-order valence-corrected chi connectivity index (χ1v) is 7.43. The number of hydrogen-bond donors (Lipinski definition) is 3. The summed E-state index contributed by atoms with van der Waals surface area (Å²) < 4.78 is 0. The van der Waals surface area contributed by atoms with Crippen molar-refractivity contribution in [2.75, 3.05) is 19.7 Å². The molecule has 1 atom stereocenters. The highest BCUT2D eigenvalue weighted by Gasteiger charge is 2.45. The number of aliphatic hydroxyl groups excluding tert-OH is 1. The number of carbonyl (C=O) groups is 1. The van der Waals surface area contributed by atoms with Gasteiger partial charge in [0, 0.05) is 25.6 Å². The Morgan fingerprint density at radius 2 is 2.00 bits per heavy atom. The minimum atomic E-state index is -0.900. The average molecular weight is 285 g/mol. The molecule has 1 rings (SSSR count). The predicted molar refractivity (Wildman–Crippen MR) is 77.4 cm³/mol. The van der Waals surface area contributed by atoms with E-state index in [1.54, 1.807) is 4.90 Å². The van der Waals surface area contributed by atoms with Crippen molar-refractivity contribution in [2.45, 2.75) is 46.0 Å². The highest BCUT2D eigenvalue weighted by Crippen LogP contribution is 2.34.